The molecule has 1 N–H and O–H groups in total. The van der Waals surface area contributed by atoms with Crippen molar-refractivity contribution in [3.8, 4) is 5.75 Å². The van der Waals surface area contributed by atoms with Gasteiger partial charge in [0, 0.05) is 45.0 Å². The Kier molecular flexibility index (Phi) is 8.83. The molecule has 37 heavy (non-hydrogen) atoms. The van der Waals surface area contributed by atoms with Crippen LogP contribution in [0.4, 0.5) is 4.79 Å². The SMILES string of the molecule is CCOC(=O)C1=C(CN2CCCN(C(=O)c3cccs3)CC2)N(CC)C(=O)NC1c1ccc(OC)cc1. The Labute approximate surface area is 221 Å². The number of ether oxygens (including phenoxy) is 2. The van der Waals surface area contributed by atoms with Gasteiger partial charge in [0.15, 0.2) is 0 Å². The molecule has 0 aliphatic carbocycles. The van der Waals surface area contributed by atoms with Crippen LogP contribution in [0.5, 0.6) is 5.75 Å². The van der Waals surface area contributed by atoms with E-state index in [9.17, 15) is 14.4 Å². The molecule has 1 unspecified atom stereocenters. The zero-order valence-electron chi connectivity index (χ0n) is 21.6. The van der Waals surface area contributed by atoms with Crippen LogP contribution in [0.25, 0.3) is 0 Å². The summed E-state index contributed by atoms with van der Waals surface area (Å²) in [6.45, 7) is 7.35. The minimum Gasteiger partial charge on any atom is -0.497 e. The third kappa shape index (κ3) is 5.97. The highest BCUT2D eigenvalue weighted by atomic mass is 32.1. The molecule has 1 atom stereocenters. The van der Waals surface area contributed by atoms with Crippen LogP contribution in [0.3, 0.4) is 0 Å². The number of methoxy groups -OCH3 is 1. The van der Waals surface area contributed by atoms with E-state index in [1.807, 2.05) is 53.6 Å². The largest absolute Gasteiger partial charge is 0.497 e. The summed E-state index contributed by atoms with van der Waals surface area (Å²) < 4.78 is 10.7. The highest BCUT2D eigenvalue weighted by molar-refractivity contribution is 7.12. The molecule has 0 radical (unpaired) electrons. The minimum absolute atomic E-state index is 0.0510. The number of thiophene rings is 1. The van der Waals surface area contributed by atoms with Crippen molar-refractivity contribution in [1.29, 1.82) is 0 Å². The van der Waals surface area contributed by atoms with Crippen LogP contribution >= 0.6 is 11.3 Å². The average molecular weight is 527 g/mol. The summed E-state index contributed by atoms with van der Waals surface area (Å²) in [4.78, 5) is 45.8. The van der Waals surface area contributed by atoms with Gasteiger partial charge >= 0.3 is 12.0 Å². The third-order valence-electron chi connectivity index (χ3n) is 6.68. The molecule has 4 rings (SSSR count). The van der Waals surface area contributed by atoms with Gasteiger partial charge in [0.1, 0.15) is 5.75 Å². The lowest BCUT2D eigenvalue weighted by atomic mass is 9.94. The van der Waals surface area contributed by atoms with Crippen LogP contribution < -0.4 is 10.1 Å². The Morgan fingerprint density at radius 3 is 2.51 bits per heavy atom. The zero-order chi connectivity index (χ0) is 26.4. The quantitative estimate of drug-likeness (QED) is 0.530. The second-order valence-corrected chi connectivity index (χ2v) is 9.83. The lowest BCUT2D eigenvalue weighted by Gasteiger charge is -2.38. The molecule has 9 nitrogen and oxygen atoms in total. The lowest BCUT2D eigenvalue weighted by Crippen LogP contribution is -2.51. The van der Waals surface area contributed by atoms with Crippen molar-refractivity contribution in [1.82, 2.24) is 20.0 Å². The van der Waals surface area contributed by atoms with Crippen LogP contribution in [-0.2, 0) is 9.53 Å². The Hall–Kier alpha value is -3.37. The average Bonchev–Trinajstić information content (AvgIpc) is 3.35. The summed E-state index contributed by atoms with van der Waals surface area (Å²) in [5, 5.41) is 4.91. The number of rotatable bonds is 8. The summed E-state index contributed by atoms with van der Waals surface area (Å²) in [5.41, 5.74) is 1.85. The fraction of sp³-hybridized carbons (Fsp3) is 0.444. The molecule has 2 aliphatic rings. The number of amides is 3. The van der Waals surface area contributed by atoms with E-state index in [-0.39, 0.29) is 18.5 Å². The smallest absolute Gasteiger partial charge is 0.338 e. The van der Waals surface area contributed by atoms with Gasteiger partial charge in [-0.15, -0.1) is 11.3 Å². The first-order valence-electron chi connectivity index (χ1n) is 12.6. The van der Waals surface area contributed by atoms with E-state index in [1.165, 1.54) is 11.3 Å². The van der Waals surface area contributed by atoms with Crippen molar-refractivity contribution in [3.63, 3.8) is 0 Å². The number of benzene rings is 1. The maximum Gasteiger partial charge on any atom is 0.338 e. The highest BCUT2D eigenvalue weighted by Crippen LogP contribution is 2.33. The van der Waals surface area contributed by atoms with Crippen LogP contribution in [0.15, 0.2) is 53.0 Å². The molecule has 1 fully saturated rings. The Bertz CT molecular complexity index is 1130. The van der Waals surface area contributed by atoms with E-state index >= 15 is 0 Å². The predicted octanol–water partition coefficient (Wildman–Crippen LogP) is 3.51. The normalized spacial score (nSPS) is 18.9. The molecule has 0 bridgehead atoms. The molecule has 3 heterocycles. The maximum absolute atomic E-state index is 13.3. The first-order chi connectivity index (χ1) is 18.0. The van der Waals surface area contributed by atoms with Gasteiger partial charge in [0.05, 0.1) is 30.2 Å². The van der Waals surface area contributed by atoms with Crippen molar-refractivity contribution in [2.75, 3.05) is 53.0 Å². The Balaban J connectivity index is 1.63. The van der Waals surface area contributed by atoms with Crippen molar-refractivity contribution in [3.05, 3.63) is 63.5 Å². The fourth-order valence-corrected chi connectivity index (χ4v) is 5.49. The molecule has 1 saturated heterocycles. The van der Waals surface area contributed by atoms with Crippen LogP contribution in [0, 0.1) is 0 Å². The van der Waals surface area contributed by atoms with Crippen molar-refractivity contribution < 1.29 is 23.9 Å². The molecule has 198 valence electrons. The van der Waals surface area contributed by atoms with Crippen LogP contribution in [0.1, 0.15) is 41.5 Å². The molecule has 2 aliphatic heterocycles. The van der Waals surface area contributed by atoms with Gasteiger partial charge in [-0.2, -0.15) is 0 Å². The number of esters is 1. The number of nitrogens with zero attached hydrogens (tertiary/aromatic N) is 3. The molecule has 0 spiro atoms. The molecule has 10 heteroatoms. The Morgan fingerprint density at radius 1 is 1.08 bits per heavy atom. The maximum atomic E-state index is 13.3. The van der Waals surface area contributed by atoms with Gasteiger partial charge in [-0.05, 0) is 49.4 Å². The summed E-state index contributed by atoms with van der Waals surface area (Å²) in [5.74, 6) is 0.297. The van der Waals surface area contributed by atoms with Gasteiger partial charge < -0.3 is 19.7 Å². The van der Waals surface area contributed by atoms with E-state index in [2.05, 4.69) is 10.2 Å². The minimum atomic E-state index is -0.640. The van der Waals surface area contributed by atoms with E-state index in [0.717, 1.165) is 23.4 Å². The molecule has 1 aromatic heterocycles. The summed E-state index contributed by atoms with van der Waals surface area (Å²) >= 11 is 1.45. The van der Waals surface area contributed by atoms with Crippen LogP contribution in [0.2, 0.25) is 0 Å². The van der Waals surface area contributed by atoms with E-state index in [4.69, 9.17) is 9.47 Å². The number of carbonyl (C=O) groups excluding carboxylic acids is 3. The molecular weight excluding hydrogens is 492 g/mol. The standard InChI is InChI=1S/C27H34N4O5S/c1-4-31-21(18-29-13-7-14-30(16-15-29)25(32)22-8-6-17-37-22)23(26(33)36-5-2)24(28-27(31)34)19-9-11-20(35-3)12-10-19/h6,8-12,17,24H,4-5,7,13-16,18H2,1-3H3,(H,28,34). The topological polar surface area (TPSA) is 91.4 Å². The van der Waals surface area contributed by atoms with Crippen molar-refractivity contribution in [2.45, 2.75) is 26.3 Å². The third-order valence-corrected chi connectivity index (χ3v) is 7.54. The number of urea groups is 1. The number of nitrogens with one attached hydrogen (secondary N) is 1. The number of carbonyl (C=O) groups is 3. The predicted molar refractivity (Wildman–Crippen MR) is 142 cm³/mol. The number of likely N-dealkylation sites (N-methyl/N-ethyl adjacent to an activating group) is 1. The lowest BCUT2D eigenvalue weighted by molar-refractivity contribution is -0.139. The summed E-state index contributed by atoms with van der Waals surface area (Å²) in [6.07, 6.45) is 0.805. The summed E-state index contributed by atoms with van der Waals surface area (Å²) in [6, 6.07) is 10.2. The fourth-order valence-electron chi connectivity index (χ4n) is 4.80. The van der Waals surface area contributed by atoms with Gasteiger partial charge in [-0.25, -0.2) is 9.59 Å². The number of hydrogen-bond donors (Lipinski definition) is 1. The number of hydrogen-bond acceptors (Lipinski definition) is 7. The van der Waals surface area contributed by atoms with Gasteiger partial charge in [0.2, 0.25) is 0 Å². The molecular formula is C27H34N4O5S. The zero-order valence-corrected chi connectivity index (χ0v) is 22.4. The second-order valence-electron chi connectivity index (χ2n) is 8.88. The van der Waals surface area contributed by atoms with Crippen molar-refractivity contribution >= 4 is 29.2 Å². The van der Waals surface area contributed by atoms with E-state index in [1.54, 1.807) is 18.9 Å². The highest BCUT2D eigenvalue weighted by Gasteiger charge is 2.38. The molecule has 0 saturated carbocycles. The van der Waals surface area contributed by atoms with Gasteiger partial charge in [0.25, 0.3) is 5.91 Å². The van der Waals surface area contributed by atoms with Gasteiger partial charge in [-0.1, -0.05) is 18.2 Å². The molecule has 3 amide bonds. The van der Waals surface area contributed by atoms with Crippen LogP contribution in [-0.4, -0.2) is 85.6 Å². The first kappa shape index (κ1) is 26.7. The Morgan fingerprint density at radius 2 is 1.86 bits per heavy atom. The van der Waals surface area contributed by atoms with E-state index in [0.29, 0.717) is 49.7 Å². The van der Waals surface area contributed by atoms with Crippen molar-refractivity contribution in [2.24, 2.45) is 0 Å². The van der Waals surface area contributed by atoms with Gasteiger partial charge in [-0.3, -0.25) is 14.6 Å². The molecule has 2 aromatic rings. The molecule has 1 aromatic carbocycles. The second kappa shape index (κ2) is 12.2. The van der Waals surface area contributed by atoms with E-state index < -0.39 is 12.0 Å². The monoisotopic (exact) mass is 526 g/mol. The first-order valence-corrected chi connectivity index (χ1v) is 13.5. The summed E-state index contributed by atoms with van der Waals surface area (Å²) in [7, 11) is 1.59.